The van der Waals surface area contributed by atoms with Crippen molar-refractivity contribution in [3.8, 4) is 5.75 Å². The minimum atomic E-state index is 0.321. The maximum Gasteiger partial charge on any atom is 0.236 e. The molecule has 0 atom stereocenters. The van der Waals surface area contributed by atoms with Gasteiger partial charge in [0.2, 0.25) is 5.91 Å². The maximum absolute atomic E-state index is 12.8. The molecule has 0 N–H and O–H groups in total. The first-order valence-corrected chi connectivity index (χ1v) is 12.9. The molecule has 1 amide bonds. The average molecular weight is 461 g/mol. The van der Waals surface area contributed by atoms with Gasteiger partial charge in [-0.05, 0) is 69.0 Å². The van der Waals surface area contributed by atoms with E-state index in [9.17, 15) is 4.79 Å². The van der Waals surface area contributed by atoms with Crippen molar-refractivity contribution in [2.24, 2.45) is 5.92 Å². The summed E-state index contributed by atoms with van der Waals surface area (Å²) in [5.41, 5.74) is 2.20. The van der Waals surface area contributed by atoms with Gasteiger partial charge in [0, 0.05) is 19.6 Å². The van der Waals surface area contributed by atoms with Gasteiger partial charge in [-0.3, -0.25) is 9.69 Å². The summed E-state index contributed by atoms with van der Waals surface area (Å²) in [6, 6.07) is 18.3. The number of carbonyl (C=O) groups excluding carboxylic acids is 1. The third kappa shape index (κ3) is 5.61. The van der Waals surface area contributed by atoms with Gasteiger partial charge < -0.3 is 14.2 Å². The molecule has 0 saturated carbocycles. The number of fused-ring (bicyclic) bond motifs is 1. The second-order valence-electron chi connectivity index (χ2n) is 9.74. The van der Waals surface area contributed by atoms with E-state index in [0.29, 0.717) is 25.0 Å². The lowest BCUT2D eigenvalue weighted by atomic mass is 9.96. The minimum Gasteiger partial charge on any atom is -0.486 e. The highest BCUT2D eigenvalue weighted by atomic mass is 16.5. The lowest BCUT2D eigenvalue weighted by Crippen LogP contribution is -2.44. The van der Waals surface area contributed by atoms with E-state index in [1.54, 1.807) is 0 Å². The fraction of sp³-hybridized carbons (Fsp3) is 0.500. The molecule has 6 heteroatoms. The van der Waals surface area contributed by atoms with E-state index in [2.05, 4.69) is 32.6 Å². The van der Waals surface area contributed by atoms with Crippen molar-refractivity contribution in [1.29, 1.82) is 0 Å². The van der Waals surface area contributed by atoms with Gasteiger partial charge in [-0.25, -0.2) is 4.98 Å². The van der Waals surface area contributed by atoms with Crippen molar-refractivity contribution in [3.63, 3.8) is 0 Å². The molecule has 2 saturated heterocycles. The van der Waals surface area contributed by atoms with Gasteiger partial charge in [-0.2, -0.15) is 0 Å². The Labute approximate surface area is 202 Å². The number of hydrogen-bond donors (Lipinski definition) is 0. The molecular weight excluding hydrogens is 424 g/mol. The summed E-state index contributed by atoms with van der Waals surface area (Å²) in [5.74, 6) is 2.74. The number of benzene rings is 2. The van der Waals surface area contributed by atoms with Gasteiger partial charge in [0.25, 0.3) is 0 Å². The molecule has 6 nitrogen and oxygen atoms in total. The van der Waals surface area contributed by atoms with Gasteiger partial charge in [0.15, 0.2) is 0 Å². The number of aromatic nitrogens is 2. The molecule has 1 aromatic heterocycles. The molecule has 0 radical (unpaired) electrons. The van der Waals surface area contributed by atoms with Gasteiger partial charge in [0.1, 0.15) is 18.2 Å². The summed E-state index contributed by atoms with van der Waals surface area (Å²) in [6.45, 7) is 5.85. The Morgan fingerprint density at radius 1 is 0.882 bits per heavy atom. The summed E-state index contributed by atoms with van der Waals surface area (Å²) < 4.78 is 8.39. The van der Waals surface area contributed by atoms with Gasteiger partial charge >= 0.3 is 0 Å². The zero-order chi connectivity index (χ0) is 23.2. The topological polar surface area (TPSA) is 50.6 Å². The van der Waals surface area contributed by atoms with Crippen LogP contribution < -0.4 is 4.74 Å². The number of imidazole rings is 1. The molecule has 3 aromatic rings. The van der Waals surface area contributed by atoms with Crippen molar-refractivity contribution in [3.05, 3.63) is 60.4 Å². The first-order chi connectivity index (χ1) is 16.8. The third-order valence-electron chi connectivity index (χ3n) is 7.31. The van der Waals surface area contributed by atoms with Crippen LogP contribution in [0.2, 0.25) is 0 Å². The third-order valence-corrected chi connectivity index (χ3v) is 7.31. The fourth-order valence-electron chi connectivity index (χ4n) is 5.30. The minimum absolute atomic E-state index is 0.321. The van der Waals surface area contributed by atoms with Crippen LogP contribution in [0.15, 0.2) is 54.6 Å². The molecule has 0 spiro atoms. The molecule has 5 rings (SSSR count). The summed E-state index contributed by atoms with van der Waals surface area (Å²) >= 11 is 0. The molecule has 2 fully saturated rings. The van der Waals surface area contributed by atoms with Crippen LogP contribution in [0, 0.1) is 5.92 Å². The molecule has 0 bridgehead atoms. The van der Waals surface area contributed by atoms with Crippen LogP contribution in [0.25, 0.3) is 11.0 Å². The number of ether oxygens (including phenoxy) is 1. The van der Waals surface area contributed by atoms with E-state index in [1.807, 2.05) is 36.4 Å². The van der Waals surface area contributed by atoms with Crippen molar-refractivity contribution >= 4 is 16.9 Å². The molecule has 0 aliphatic carbocycles. The first kappa shape index (κ1) is 22.9. The van der Waals surface area contributed by atoms with E-state index in [-0.39, 0.29) is 0 Å². The van der Waals surface area contributed by atoms with E-state index in [1.165, 1.54) is 18.4 Å². The number of rotatable bonds is 7. The van der Waals surface area contributed by atoms with Crippen molar-refractivity contribution in [2.75, 3.05) is 32.7 Å². The molecule has 2 aliphatic rings. The summed E-state index contributed by atoms with van der Waals surface area (Å²) in [5, 5.41) is 0. The number of likely N-dealkylation sites (tertiary alicyclic amines) is 2. The highest BCUT2D eigenvalue weighted by Gasteiger charge is 2.25. The number of para-hydroxylation sites is 3. The van der Waals surface area contributed by atoms with Gasteiger partial charge in [0.05, 0.1) is 17.6 Å². The van der Waals surface area contributed by atoms with E-state index in [0.717, 1.165) is 75.5 Å². The second kappa shape index (κ2) is 11.0. The fourth-order valence-corrected chi connectivity index (χ4v) is 5.30. The van der Waals surface area contributed by atoms with Crippen LogP contribution >= 0.6 is 0 Å². The molecule has 180 valence electrons. The Bertz CT molecular complexity index is 1060. The molecule has 34 heavy (non-hydrogen) atoms. The summed E-state index contributed by atoms with van der Waals surface area (Å²) in [6.07, 6.45) is 7.05. The number of amides is 1. The van der Waals surface area contributed by atoms with Gasteiger partial charge in [-0.1, -0.05) is 43.2 Å². The lowest BCUT2D eigenvalue weighted by Gasteiger charge is -2.33. The normalized spacial score (nSPS) is 18.2. The zero-order valence-corrected chi connectivity index (χ0v) is 20.1. The molecule has 2 aromatic carbocycles. The highest BCUT2D eigenvalue weighted by Crippen LogP contribution is 2.25. The van der Waals surface area contributed by atoms with Crippen molar-refractivity contribution < 1.29 is 9.53 Å². The van der Waals surface area contributed by atoms with Crippen LogP contribution in [-0.4, -0.2) is 58.0 Å². The van der Waals surface area contributed by atoms with Crippen LogP contribution in [0.5, 0.6) is 5.75 Å². The number of carbonyl (C=O) groups is 1. The van der Waals surface area contributed by atoms with Crippen molar-refractivity contribution in [2.45, 2.75) is 51.7 Å². The predicted octanol–water partition coefficient (Wildman–Crippen LogP) is 4.73. The van der Waals surface area contributed by atoms with Crippen molar-refractivity contribution in [1.82, 2.24) is 19.4 Å². The predicted molar refractivity (Wildman–Crippen MR) is 135 cm³/mol. The van der Waals surface area contributed by atoms with Crippen LogP contribution in [0.3, 0.4) is 0 Å². The maximum atomic E-state index is 12.8. The Balaban J connectivity index is 1.19. The number of piperidine rings is 1. The molecule has 0 unspecified atom stereocenters. The standard InChI is InChI=1S/C28H36N4O2/c33-28(31-16-8-1-2-9-17-31)21-30-18-14-23(15-19-30)20-32-26-13-7-6-12-25(26)29-27(32)22-34-24-10-4-3-5-11-24/h3-7,10-13,23H,1-2,8-9,14-22H2. The molecule has 3 heterocycles. The van der Waals surface area contributed by atoms with E-state index < -0.39 is 0 Å². The number of nitrogens with zero attached hydrogens (tertiary/aromatic N) is 4. The number of hydrogen-bond acceptors (Lipinski definition) is 4. The summed E-state index contributed by atoms with van der Waals surface area (Å²) in [7, 11) is 0. The molecular formula is C28H36N4O2. The first-order valence-electron chi connectivity index (χ1n) is 12.9. The summed E-state index contributed by atoms with van der Waals surface area (Å²) in [4.78, 5) is 22.1. The SMILES string of the molecule is O=C(CN1CCC(Cn2c(COc3ccccc3)nc3ccccc32)CC1)N1CCCCCC1. The Morgan fingerprint density at radius 3 is 2.35 bits per heavy atom. The largest absolute Gasteiger partial charge is 0.486 e. The Hall–Kier alpha value is -2.86. The highest BCUT2D eigenvalue weighted by molar-refractivity contribution is 5.78. The Morgan fingerprint density at radius 2 is 1.59 bits per heavy atom. The lowest BCUT2D eigenvalue weighted by molar-refractivity contribution is -0.132. The zero-order valence-electron chi connectivity index (χ0n) is 20.1. The molecule has 2 aliphatic heterocycles. The smallest absolute Gasteiger partial charge is 0.236 e. The quantitative estimate of drug-likeness (QED) is 0.512. The average Bonchev–Trinajstić information content (AvgIpc) is 3.03. The van der Waals surface area contributed by atoms with E-state index >= 15 is 0 Å². The van der Waals surface area contributed by atoms with Crippen LogP contribution in [-0.2, 0) is 17.9 Å². The van der Waals surface area contributed by atoms with Gasteiger partial charge in [-0.15, -0.1) is 0 Å². The monoisotopic (exact) mass is 460 g/mol. The van der Waals surface area contributed by atoms with Crippen LogP contribution in [0.4, 0.5) is 0 Å². The van der Waals surface area contributed by atoms with Crippen LogP contribution in [0.1, 0.15) is 44.3 Å². The van der Waals surface area contributed by atoms with E-state index in [4.69, 9.17) is 9.72 Å². The second-order valence-corrected chi connectivity index (χ2v) is 9.74. The Kier molecular flexibility index (Phi) is 7.44.